The summed E-state index contributed by atoms with van der Waals surface area (Å²) < 4.78 is 10.7. The smallest absolute Gasteiger partial charge is 0.161 e. The third kappa shape index (κ3) is 3.87. The van der Waals surface area contributed by atoms with E-state index in [1.165, 1.54) is 5.56 Å². The summed E-state index contributed by atoms with van der Waals surface area (Å²) in [7, 11) is 3.34. The second kappa shape index (κ2) is 7.39. The lowest BCUT2D eigenvalue weighted by Gasteiger charge is -2.28. The van der Waals surface area contributed by atoms with Crippen LogP contribution in [-0.4, -0.2) is 20.8 Å². The molecule has 3 heteroatoms. The maximum atomic E-state index is 5.39. The molecule has 0 heterocycles. The summed E-state index contributed by atoms with van der Waals surface area (Å²) >= 11 is 0. The number of benzene rings is 1. The van der Waals surface area contributed by atoms with Crippen LogP contribution >= 0.6 is 0 Å². The van der Waals surface area contributed by atoms with Crippen LogP contribution in [0.25, 0.3) is 0 Å². The Morgan fingerprint density at radius 3 is 2.16 bits per heavy atom. The lowest BCUT2D eigenvalue weighted by atomic mass is 9.86. The van der Waals surface area contributed by atoms with E-state index in [4.69, 9.17) is 9.47 Å². The molecule has 0 fully saturated rings. The lowest BCUT2D eigenvalue weighted by molar-refractivity contribution is 0.305. The Hall–Kier alpha value is -1.22. The largest absolute Gasteiger partial charge is 0.493 e. The second-order valence-corrected chi connectivity index (χ2v) is 5.25. The van der Waals surface area contributed by atoms with Crippen LogP contribution in [0.1, 0.15) is 39.3 Å². The van der Waals surface area contributed by atoms with Crippen molar-refractivity contribution in [1.82, 2.24) is 5.32 Å². The van der Waals surface area contributed by atoms with Gasteiger partial charge in [0, 0.05) is 6.04 Å². The Morgan fingerprint density at radius 2 is 1.68 bits per heavy atom. The molecule has 2 unspecified atom stereocenters. The molecule has 0 spiro atoms. The molecule has 0 amide bonds. The zero-order chi connectivity index (χ0) is 14.4. The number of methoxy groups -OCH3 is 2. The molecule has 0 aliphatic rings. The predicted molar refractivity (Wildman–Crippen MR) is 80.0 cm³/mol. The van der Waals surface area contributed by atoms with Crippen molar-refractivity contribution in [2.45, 2.75) is 33.7 Å². The molecule has 1 aromatic carbocycles. The van der Waals surface area contributed by atoms with Gasteiger partial charge >= 0.3 is 0 Å². The molecule has 108 valence electrons. The molecule has 0 bridgehead atoms. The van der Waals surface area contributed by atoms with Gasteiger partial charge in [-0.1, -0.05) is 33.8 Å². The van der Waals surface area contributed by atoms with Crippen LogP contribution in [0.15, 0.2) is 18.2 Å². The van der Waals surface area contributed by atoms with Gasteiger partial charge < -0.3 is 14.8 Å². The standard InChI is InChI=1S/C16H27NO2/c1-7-17-16(12(4)11(2)3)13-8-9-14(18-5)15(10-13)19-6/h8-12,16-17H,7H2,1-6H3. The molecule has 0 saturated heterocycles. The van der Waals surface area contributed by atoms with Gasteiger partial charge in [0.05, 0.1) is 14.2 Å². The average molecular weight is 265 g/mol. The SMILES string of the molecule is CCNC(c1ccc(OC)c(OC)c1)C(C)C(C)C. The topological polar surface area (TPSA) is 30.5 Å². The molecular formula is C16H27NO2. The van der Waals surface area contributed by atoms with Gasteiger partial charge in [-0.2, -0.15) is 0 Å². The third-order valence-electron chi connectivity index (χ3n) is 3.77. The van der Waals surface area contributed by atoms with Gasteiger partial charge in [0.2, 0.25) is 0 Å². The van der Waals surface area contributed by atoms with Crippen molar-refractivity contribution in [3.63, 3.8) is 0 Å². The molecule has 0 aromatic heterocycles. The summed E-state index contributed by atoms with van der Waals surface area (Å²) in [6.45, 7) is 9.90. The van der Waals surface area contributed by atoms with Gasteiger partial charge in [-0.15, -0.1) is 0 Å². The van der Waals surface area contributed by atoms with E-state index >= 15 is 0 Å². The highest BCUT2D eigenvalue weighted by Crippen LogP contribution is 2.34. The van der Waals surface area contributed by atoms with E-state index in [-0.39, 0.29) is 0 Å². The Kier molecular flexibility index (Phi) is 6.16. The minimum Gasteiger partial charge on any atom is -0.493 e. The van der Waals surface area contributed by atoms with Crippen molar-refractivity contribution in [3.8, 4) is 11.5 Å². The number of hydrogen-bond donors (Lipinski definition) is 1. The minimum absolute atomic E-state index is 0.338. The molecule has 0 aliphatic heterocycles. The summed E-state index contributed by atoms with van der Waals surface area (Å²) in [6.07, 6.45) is 0. The molecule has 2 atom stereocenters. The van der Waals surface area contributed by atoms with Gasteiger partial charge in [0.1, 0.15) is 0 Å². The number of ether oxygens (including phenoxy) is 2. The van der Waals surface area contributed by atoms with Gasteiger partial charge in [-0.25, -0.2) is 0 Å². The zero-order valence-electron chi connectivity index (χ0n) is 13.0. The van der Waals surface area contributed by atoms with Crippen LogP contribution in [0, 0.1) is 11.8 Å². The molecule has 0 aliphatic carbocycles. The first-order valence-corrected chi connectivity index (χ1v) is 7.00. The van der Waals surface area contributed by atoms with E-state index < -0.39 is 0 Å². The van der Waals surface area contributed by atoms with E-state index in [9.17, 15) is 0 Å². The van der Waals surface area contributed by atoms with Crippen molar-refractivity contribution in [2.75, 3.05) is 20.8 Å². The van der Waals surface area contributed by atoms with Crippen molar-refractivity contribution >= 4 is 0 Å². The fourth-order valence-electron chi connectivity index (χ4n) is 2.26. The normalized spacial score (nSPS) is 14.3. The Labute approximate surface area is 117 Å². The van der Waals surface area contributed by atoms with E-state index in [1.54, 1.807) is 14.2 Å². The highest BCUT2D eigenvalue weighted by molar-refractivity contribution is 5.44. The lowest BCUT2D eigenvalue weighted by Crippen LogP contribution is -2.29. The summed E-state index contributed by atoms with van der Waals surface area (Å²) in [5, 5.41) is 3.57. The molecule has 3 nitrogen and oxygen atoms in total. The Balaban J connectivity index is 3.08. The second-order valence-electron chi connectivity index (χ2n) is 5.25. The first kappa shape index (κ1) is 15.8. The van der Waals surface area contributed by atoms with E-state index in [0.717, 1.165) is 18.0 Å². The van der Waals surface area contributed by atoms with Crippen molar-refractivity contribution in [3.05, 3.63) is 23.8 Å². The van der Waals surface area contributed by atoms with Crippen LogP contribution in [0.3, 0.4) is 0 Å². The fraction of sp³-hybridized carbons (Fsp3) is 0.625. The molecule has 1 aromatic rings. The Bertz CT molecular complexity index is 390. The quantitative estimate of drug-likeness (QED) is 0.816. The number of rotatable bonds is 7. The zero-order valence-corrected chi connectivity index (χ0v) is 13.0. The van der Waals surface area contributed by atoms with Crippen LogP contribution in [0.5, 0.6) is 11.5 Å². The van der Waals surface area contributed by atoms with Crippen LogP contribution < -0.4 is 14.8 Å². The van der Waals surface area contributed by atoms with Gasteiger partial charge in [-0.3, -0.25) is 0 Å². The van der Waals surface area contributed by atoms with Crippen LogP contribution in [0.4, 0.5) is 0 Å². The highest BCUT2D eigenvalue weighted by atomic mass is 16.5. The van der Waals surface area contributed by atoms with Gasteiger partial charge in [0.15, 0.2) is 11.5 Å². The van der Waals surface area contributed by atoms with Crippen molar-refractivity contribution < 1.29 is 9.47 Å². The van der Waals surface area contributed by atoms with Crippen molar-refractivity contribution in [2.24, 2.45) is 11.8 Å². The van der Waals surface area contributed by atoms with Crippen LogP contribution in [-0.2, 0) is 0 Å². The van der Waals surface area contributed by atoms with E-state index in [0.29, 0.717) is 17.9 Å². The Morgan fingerprint density at radius 1 is 1.05 bits per heavy atom. The van der Waals surface area contributed by atoms with Gasteiger partial charge in [-0.05, 0) is 36.1 Å². The molecular weight excluding hydrogens is 238 g/mol. The summed E-state index contributed by atoms with van der Waals surface area (Å²) in [6, 6.07) is 6.51. The van der Waals surface area contributed by atoms with E-state index in [2.05, 4.69) is 45.1 Å². The molecule has 19 heavy (non-hydrogen) atoms. The molecule has 0 radical (unpaired) electrons. The first-order chi connectivity index (χ1) is 9.04. The molecule has 1 rings (SSSR count). The predicted octanol–water partition coefficient (Wildman–Crippen LogP) is 3.65. The highest BCUT2D eigenvalue weighted by Gasteiger charge is 2.22. The average Bonchev–Trinajstić information content (AvgIpc) is 2.43. The number of hydrogen-bond acceptors (Lipinski definition) is 3. The summed E-state index contributed by atoms with van der Waals surface area (Å²) in [4.78, 5) is 0. The maximum Gasteiger partial charge on any atom is 0.161 e. The number of nitrogens with one attached hydrogen (secondary N) is 1. The van der Waals surface area contributed by atoms with E-state index in [1.807, 2.05) is 6.07 Å². The molecule has 0 saturated carbocycles. The monoisotopic (exact) mass is 265 g/mol. The fourth-order valence-corrected chi connectivity index (χ4v) is 2.26. The third-order valence-corrected chi connectivity index (χ3v) is 3.77. The van der Waals surface area contributed by atoms with Crippen LogP contribution in [0.2, 0.25) is 0 Å². The first-order valence-electron chi connectivity index (χ1n) is 7.00. The molecule has 1 N–H and O–H groups in total. The summed E-state index contributed by atoms with van der Waals surface area (Å²) in [5.74, 6) is 2.74. The minimum atomic E-state index is 0.338. The van der Waals surface area contributed by atoms with Gasteiger partial charge in [0.25, 0.3) is 0 Å². The van der Waals surface area contributed by atoms with Crippen molar-refractivity contribution in [1.29, 1.82) is 0 Å². The maximum absolute atomic E-state index is 5.39. The summed E-state index contributed by atoms with van der Waals surface area (Å²) in [5.41, 5.74) is 1.25.